The molecule has 0 heterocycles. The number of nitrogens with one attached hydrogen (secondary N) is 1. The summed E-state index contributed by atoms with van der Waals surface area (Å²) in [6.45, 7) is 0.224. The summed E-state index contributed by atoms with van der Waals surface area (Å²) in [5, 5.41) is 22.1. The van der Waals surface area contributed by atoms with Gasteiger partial charge in [0.05, 0.1) is 4.92 Å². The molecule has 120 valence electrons. The Bertz CT molecular complexity index is 546. The number of aliphatic carboxylic acids is 1. The van der Waals surface area contributed by atoms with Crippen LogP contribution in [-0.4, -0.2) is 41.7 Å². The van der Waals surface area contributed by atoms with Crippen LogP contribution in [0.4, 0.5) is 5.69 Å². The quantitative estimate of drug-likeness (QED) is 0.521. The van der Waals surface area contributed by atoms with E-state index in [0.29, 0.717) is 12.0 Å². The first-order chi connectivity index (χ1) is 10.4. The number of nitro groups is 1. The summed E-state index contributed by atoms with van der Waals surface area (Å²) >= 11 is 0. The Labute approximate surface area is 127 Å². The van der Waals surface area contributed by atoms with Gasteiger partial charge in [0.25, 0.3) is 5.69 Å². The summed E-state index contributed by atoms with van der Waals surface area (Å²) in [5.41, 5.74) is 0.606. The topological polar surface area (TPSA) is 119 Å². The molecule has 0 aliphatic carbocycles. The van der Waals surface area contributed by atoms with Gasteiger partial charge in [0.1, 0.15) is 6.04 Å². The van der Waals surface area contributed by atoms with E-state index in [2.05, 4.69) is 5.32 Å². The summed E-state index contributed by atoms with van der Waals surface area (Å²) in [6.07, 6.45) is 0.524. The molecule has 22 heavy (non-hydrogen) atoms. The average molecular weight is 310 g/mol. The largest absolute Gasteiger partial charge is 0.480 e. The zero-order valence-corrected chi connectivity index (χ0v) is 12.2. The Kier molecular flexibility index (Phi) is 6.97. The maximum atomic E-state index is 11.8. The number of carboxylic acid groups (broad SMARTS) is 1. The third kappa shape index (κ3) is 5.88. The molecular weight excluding hydrogens is 292 g/mol. The van der Waals surface area contributed by atoms with E-state index in [1.54, 1.807) is 12.1 Å². The highest BCUT2D eigenvalue weighted by Crippen LogP contribution is 2.14. The van der Waals surface area contributed by atoms with Crippen molar-refractivity contribution in [2.75, 3.05) is 13.7 Å². The minimum absolute atomic E-state index is 0.0404. The van der Waals surface area contributed by atoms with E-state index in [4.69, 9.17) is 9.84 Å². The number of amides is 1. The van der Waals surface area contributed by atoms with Crippen LogP contribution in [0.3, 0.4) is 0 Å². The molecule has 0 aromatic heterocycles. The van der Waals surface area contributed by atoms with Gasteiger partial charge in [-0.05, 0) is 12.0 Å². The van der Waals surface area contributed by atoms with Crippen LogP contribution in [0, 0.1) is 10.1 Å². The first-order valence-electron chi connectivity index (χ1n) is 6.68. The lowest BCUT2D eigenvalue weighted by molar-refractivity contribution is -0.384. The lowest BCUT2D eigenvalue weighted by Crippen LogP contribution is -2.41. The lowest BCUT2D eigenvalue weighted by Gasteiger charge is -2.13. The number of carboxylic acids is 1. The second-order valence-corrected chi connectivity index (χ2v) is 4.67. The highest BCUT2D eigenvalue weighted by Gasteiger charge is 2.19. The number of aryl methyl sites for hydroxylation is 1. The Morgan fingerprint density at radius 1 is 1.45 bits per heavy atom. The number of rotatable bonds is 9. The van der Waals surface area contributed by atoms with Crippen LogP contribution >= 0.6 is 0 Å². The molecule has 8 nitrogen and oxygen atoms in total. The first kappa shape index (κ1) is 17.6. The fourth-order valence-electron chi connectivity index (χ4n) is 1.84. The molecule has 0 bridgehead atoms. The molecular formula is C14H18N2O6. The van der Waals surface area contributed by atoms with Gasteiger partial charge in [0, 0.05) is 38.7 Å². The number of non-ortho nitro benzene ring substituents is 1. The zero-order chi connectivity index (χ0) is 16.5. The summed E-state index contributed by atoms with van der Waals surface area (Å²) in [7, 11) is 1.45. The van der Waals surface area contributed by atoms with E-state index < -0.39 is 22.8 Å². The number of hydrogen-bond acceptors (Lipinski definition) is 5. The molecule has 0 fully saturated rings. The third-order valence-corrected chi connectivity index (χ3v) is 3.01. The number of benzene rings is 1. The van der Waals surface area contributed by atoms with Crippen molar-refractivity contribution >= 4 is 17.6 Å². The number of methoxy groups -OCH3 is 1. The van der Waals surface area contributed by atoms with Crippen LogP contribution in [0.1, 0.15) is 18.4 Å². The Balaban J connectivity index is 2.52. The molecule has 8 heteroatoms. The third-order valence-electron chi connectivity index (χ3n) is 3.01. The van der Waals surface area contributed by atoms with Crippen molar-refractivity contribution in [1.82, 2.24) is 5.32 Å². The minimum atomic E-state index is -1.12. The van der Waals surface area contributed by atoms with E-state index >= 15 is 0 Å². The van der Waals surface area contributed by atoms with Crippen molar-refractivity contribution in [3.05, 3.63) is 39.9 Å². The molecule has 1 amide bonds. The second-order valence-electron chi connectivity index (χ2n) is 4.67. The standard InChI is InChI=1S/C14H18N2O6/c1-22-8-7-12(14(18)19)15-13(17)6-5-10-3-2-4-11(9-10)16(20)21/h2-4,9,12H,5-8H2,1H3,(H,15,17)(H,18,19). The molecule has 0 saturated heterocycles. The molecule has 1 aromatic carbocycles. The molecule has 1 unspecified atom stereocenters. The van der Waals surface area contributed by atoms with Gasteiger partial charge in [-0.25, -0.2) is 4.79 Å². The van der Waals surface area contributed by atoms with Gasteiger partial charge in [-0.3, -0.25) is 14.9 Å². The lowest BCUT2D eigenvalue weighted by atomic mass is 10.1. The zero-order valence-electron chi connectivity index (χ0n) is 12.2. The summed E-state index contributed by atoms with van der Waals surface area (Å²) < 4.78 is 4.79. The normalized spacial score (nSPS) is 11.7. The number of nitro benzene ring substituents is 1. The van der Waals surface area contributed by atoms with Gasteiger partial charge in [-0.2, -0.15) is 0 Å². The fraction of sp³-hybridized carbons (Fsp3) is 0.429. The van der Waals surface area contributed by atoms with Crippen LogP contribution in [-0.2, 0) is 20.7 Å². The molecule has 1 aromatic rings. The van der Waals surface area contributed by atoms with Crippen molar-refractivity contribution in [2.24, 2.45) is 0 Å². The number of nitrogens with zero attached hydrogens (tertiary/aromatic N) is 1. The van der Waals surface area contributed by atoms with E-state index in [0.717, 1.165) is 0 Å². The van der Waals surface area contributed by atoms with Crippen LogP contribution in [0.2, 0.25) is 0 Å². The van der Waals surface area contributed by atoms with Gasteiger partial charge in [0.2, 0.25) is 5.91 Å². The highest BCUT2D eigenvalue weighted by atomic mass is 16.6. The molecule has 0 spiro atoms. The molecule has 1 rings (SSSR count). The van der Waals surface area contributed by atoms with Crippen LogP contribution < -0.4 is 5.32 Å². The Morgan fingerprint density at radius 2 is 2.18 bits per heavy atom. The summed E-state index contributed by atoms with van der Waals surface area (Å²) in [6, 6.07) is 4.99. The van der Waals surface area contributed by atoms with Gasteiger partial charge in [0.15, 0.2) is 0 Å². The minimum Gasteiger partial charge on any atom is -0.480 e. The van der Waals surface area contributed by atoms with Gasteiger partial charge >= 0.3 is 5.97 Å². The van der Waals surface area contributed by atoms with Gasteiger partial charge < -0.3 is 15.2 Å². The average Bonchev–Trinajstić information content (AvgIpc) is 2.49. The molecule has 2 N–H and O–H groups in total. The van der Waals surface area contributed by atoms with Gasteiger partial charge in [-0.15, -0.1) is 0 Å². The summed E-state index contributed by atoms with van der Waals surface area (Å²) in [4.78, 5) is 32.9. The SMILES string of the molecule is COCCC(NC(=O)CCc1cccc([N+](=O)[O-])c1)C(=O)O. The van der Waals surface area contributed by atoms with Crippen LogP contribution in [0.15, 0.2) is 24.3 Å². The van der Waals surface area contributed by atoms with E-state index in [-0.39, 0.29) is 25.1 Å². The van der Waals surface area contributed by atoms with Crippen LogP contribution in [0.5, 0.6) is 0 Å². The number of hydrogen-bond donors (Lipinski definition) is 2. The number of ether oxygens (including phenoxy) is 1. The van der Waals surface area contributed by atoms with Crippen molar-refractivity contribution in [1.29, 1.82) is 0 Å². The van der Waals surface area contributed by atoms with E-state index in [1.165, 1.54) is 19.2 Å². The number of carbonyl (C=O) groups excluding carboxylic acids is 1. The van der Waals surface area contributed by atoms with Crippen molar-refractivity contribution in [3.63, 3.8) is 0 Å². The van der Waals surface area contributed by atoms with Crippen molar-refractivity contribution in [3.8, 4) is 0 Å². The molecule has 0 saturated carbocycles. The predicted molar refractivity (Wildman–Crippen MR) is 77.5 cm³/mol. The molecule has 0 aliphatic rings. The summed E-state index contributed by atoms with van der Waals surface area (Å²) in [5.74, 6) is -1.55. The smallest absolute Gasteiger partial charge is 0.326 e. The highest BCUT2D eigenvalue weighted by molar-refractivity contribution is 5.83. The maximum absolute atomic E-state index is 11.8. The Hall–Kier alpha value is -2.48. The first-order valence-corrected chi connectivity index (χ1v) is 6.68. The Morgan fingerprint density at radius 3 is 2.77 bits per heavy atom. The van der Waals surface area contributed by atoms with Crippen molar-refractivity contribution in [2.45, 2.75) is 25.3 Å². The molecule has 0 aliphatic heterocycles. The fourth-order valence-corrected chi connectivity index (χ4v) is 1.84. The maximum Gasteiger partial charge on any atom is 0.326 e. The molecule has 1 atom stereocenters. The van der Waals surface area contributed by atoms with Crippen LogP contribution in [0.25, 0.3) is 0 Å². The van der Waals surface area contributed by atoms with Crippen molar-refractivity contribution < 1.29 is 24.4 Å². The molecule has 0 radical (unpaired) electrons. The van der Waals surface area contributed by atoms with Gasteiger partial charge in [-0.1, -0.05) is 12.1 Å². The predicted octanol–water partition coefficient (Wildman–Crippen LogP) is 1.13. The van der Waals surface area contributed by atoms with E-state index in [9.17, 15) is 19.7 Å². The second kappa shape index (κ2) is 8.73. The monoisotopic (exact) mass is 310 g/mol. The van der Waals surface area contributed by atoms with E-state index in [1.807, 2.05) is 0 Å². The number of carbonyl (C=O) groups is 2.